The number of anilines is 1. The van der Waals surface area contributed by atoms with E-state index in [1.807, 2.05) is 63.2 Å². The minimum Gasteiger partial charge on any atom is -0.354 e. The molecule has 2 aromatic carbocycles. The molecule has 0 spiro atoms. The highest BCUT2D eigenvalue weighted by Crippen LogP contribution is 2.24. The SMILES string of the molecule is CCCCNC(=O)[C@H](C)N(Cc1ccccc1)C(=O)CN(c1ccc(C)cc1C)S(C)(=O)=O. The number of sulfonamides is 1. The fourth-order valence-electron chi connectivity index (χ4n) is 3.58. The van der Waals surface area contributed by atoms with Gasteiger partial charge in [-0.1, -0.05) is 61.4 Å². The second-order valence-corrected chi connectivity index (χ2v) is 10.3. The van der Waals surface area contributed by atoms with Crippen molar-refractivity contribution in [2.45, 2.75) is 53.1 Å². The first-order valence-corrected chi connectivity index (χ1v) is 13.1. The third-order valence-electron chi connectivity index (χ3n) is 5.49. The van der Waals surface area contributed by atoms with Gasteiger partial charge in [0, 0.05) is 13.1 Å². The summed E-state index contributed by atoms with van der Waals surface area (Å²) in [4.78, 5) is 27.7. The number of hydrogen-bond donors (Lipinski definition) is 1. The van der Waals surface area contributed by atoms with Crippen LogP contribution in [0, 0.1) is 13.8 Å². The number of amides is 2. The first kappa shape index (κ1) is 26.4. The van der Waals surface area contributed by atoms with Crippen LogP contribution in [0.25, 0.3) is 0 Å². The number of aryl methyl sites for hydroxylation is 2. The standard InChI is InChI=1S/C25H35N3O4S/c1-6-7-15-26-25(30)21(4)27(17-22-11-9-8-10-12-22)24(29)18-28(33(5,31)32)23-14-13-19(2)16-20(23)3/h8-14,16,21H,6-7,15,17-18H2,1-5H3,(H,26,30)/t21-/m0/s1. The smallest absolute Gasteiger partial charge is 0.244 e. The Bertz CT molecular complexity index is 1050. The molecule has 33 heavy (non-hydrogen) atoms. The number of unbranched alkanes of at least 4 members (excludes halogenated alkanes) is 1. The van der Waals surface area contributed by atoms with E-state index in [0.29, 0.717) is 12.2 Å². The normalized spacial score (nSPS) is 12.2. The van der Waals surface area contributed by atoms with Crippen molar-refractivity contribution in [3.05, 3.63) is 65.2 Å². The highest BCUT2D eigenvalue weighted by Gasteiger charge is 2.30. The van der Waals surface area contributed by atoms with Gasteiger partial charge >= 0.3 is 0 Å². The van der Waals surface area contributed by atoms with Gasteiger partial charge in [-0.15, -0.1) is 0 Å². The zero-order chi connectivity index (χ0) is 24.6. The first-order chi connectivity index (χ1) is 15.5. The van der Waals surface area contributed by atoms with Crippen molar-refractivity contribution in [1.29, 1.82) is 0 Å². The number of nitrogens with one attached hydrogen (secondary N) is 1. The molecule has 0 fully saturated rings. The third-order valence-corrected chi connectivity index (χ3v) is 6.62. The molecule has 2 rings (SSSR count). The molecular weight excluding hydrogens is 438 g/mol. The molecule has 0 heterocycles. The lowest BCUT2D eigenvalue weighted by molar-refractivity contribution is -0.139. The van der Waals surface area contributed by atoms with Gasteiger partial charge in [-0.3, -0.25) is 13.9 Å². The quantitative estimate of drug-likeness (QED) is 0.507. The van der Waals surface area contributed by atoms with Gasteiger partial charge in [0.1, 0.15) is 12.6 Å². The summed E-state index contributed by atoms with van der Waals surface area (Å²) in [5.74, 6) is -0.701. The molecular formula is C25H35N3O4S. The maximum absolute atomic E-state index is 13.5. The van der Waals surface area contributed by atoms with E-state index in [-0.39, 0.29) is 19.0 Å². The number of benzene rings is 2. The first-order valence-electron chi connectivity index (χ1n) is 11.2. The van der Waals surface area contributed by atoms with Crippen LogP contribution in [0.1, 0.15) is 43.4 Å². The Labute approximate surface area is 197 Å². The molecule has 1 atom stereocenters. The zero-order valence-corrected chi connectivity index (χ0v) is 21.0. The minimum atomic E-state index is -3.73. The lowest BCUT2D eigenvalue weighted by Gasteiger charge is -2.32. The molecule has 0 aliphatic rings. The van der Waals surface area contributed by atoms with Gasteiger partial charge in [0.15, 0.2) is 0 Å². The lowest BCUT2D eigenvalue weighted by Crippen LogP contribution is -2.51. The van der Waals surface area contributed by atoms with Gasteiger partial charge in [0.25, 0.3) is 0 Å². The predicted molar refractivity (Wildman–Crippen MR) is 132 cm³/mol. The van der Waals surface area contributed by atoms with Crippen molar-refractivity contribution >= 4 is 27.5 Å². The molecule has 0 bridgehead atoms. The Morgan fingerprint density at radius 3 is 2.30 bits per heavy atom. The maximum Gasteiger partial charge on any atom is 0.244 e. The highest BCUT2D eigenvalue weighted by atomic mass is 32.2. The van der Waals surface area contributed by atoms with Crippen molar-refractivity contribution in [1.82, 2.24) is 10.2 Å². The van der Waals surface area contributed by atoms with Crippen LogP contribution in [-0.4, -0.2) is 50.5 Å². The van der Waals surface area contributed by atoms with E-state index < -0.39 is 22.0 Å². The second kappa shape index (κ2) is 11.8. The molecule has 1 N–H and O–H groups in total. The van der Waals surface area contributed by atoms with Crippen LogP contribution in [0.4, 0.5) is 5.69 Å². The fourth-order valence-corrected chi connectivity index (χ4v) is 4.49. The molecule has 0 saturated carbocycles. The molecule has 2 aromatic rings. The molecule has 7 nitrogen and oxygen atoms in total. The largest absolute Gasteiger partial charge is 0.354 e. The Kier molecular flexibility index (Phi) is 9.46. The Hall–Kier alpha value is -2.87. The number of carbonyl (C=O) groups excluding carboxylic acids is 2. The van der Waals surface area contributed by atoms with E-state index in [9.17, 15) is 18.0 Å². The minimum absolute atomic E-state index is 0.201. The van der Waals surface area contributed by atoms with Gasteiger partial charge in [0.05, 0.1) is 11.9 Å². The summed E-state index contributed by atoms with van der Waals surface area (Å²) in [6.45, 7) is 7.79. The average molecular weight is 474 g/mol. The topological polar surface area (TPSA) is 86.8 Å². The fraction of sp³-hybridized carbons (Fsp3) is 0.440. The van der Waals surface area contributed by atoms with Gasteiger partial charge in [-0.25, -0.2) is 8.42 Å². The van der Waals surface area contributed by atoms with Crippen LogP contribution in [0.3, 0.4) is 0 Å². The van der Waals surface area contributed by atoms with Crippen LogP contribution in [-0.2, 0) is 26.2 Å². The van der Waals surface area contributed by atoms with E-state index >= 15 is 0 Å². The summed E-state index contributed by atoms with van der Waals surface area (Å²) in [5.41, 5.74) is 3.07. The van der Waals surface area contributed by atoms with Gasteiger partial charge in [-0.2, -0.15) is 0 Å². The summed E-state index contributed by atoms with van der Waals surface area (Å²) in [6, 6.07) is 14.0. The molecule has 0 aromatic heterocycles. The predicted octanol–water partition coefficient (Wildman–Crippen LogP) is 3.40. The number of nitrogens with zero attached hydrogens (tertiary/aromatic N) is 2. The van der Waals surface area contributed by atoms with Crippen molar-refractivity contribution in [3.8, 4) is 0 Å². The Morgan fingerprint density at radius 2 is 1.73 bits per heavy atom. The van der Waals surface area contributed by atoms with Crippen LogP contribution in [0.2, 0.25) is 0 Å². The van der Waals surface area contributed by atoms with E-state index in [1.54, 1.807) is 13.0 Å². The molecule has 0 unspecified atom stereocenters. The molecule has 180 valence electrons. The molecule has 0 aliphatic carbocycles. The molecule has 0 saturated heterocycles. The van der Waals surface area contributed by atoms with Gasteiger partial charge in [0.2, 0.25) is 21.8 Å². The average Bonchev–Trinajstić information content (AvgIpc) is 2.75. The monoisotopic (exact) mass is 473 g/mol. The molecule has 2 amide bonds. The van der Waals surface area contributed by atoms with Crippen LogP contribution >= 0.6 is 0 Å². The van der Waals surface area contributed by atoms with E-state index in [2.05, 4.69) is 5.32 Å². The summed E-state index contributed by atoms with van der Waals surface area (Å²) in [6.07, 6.45) is 2.88. The van der Waals surface area contributed by atoms with Crippen LogP contribution in [0.15, 0.2) is 48.5 Å². The lowest BCUT2D eigenvalue weighted by atomic mass is 10.1. The van der Waals surface area contributed by atoms with Gasteiger partial charge in [-0.05, 0) is 44.4 Å². The van der Waals surface area contributed by atoms with Crippen molar-refractivity contribution in [3.63, 3.8) is 0 Å². The molecule has 0 radical (unpaired) electrons. The number of hydrogen-bond acceptors (Lipinski definition) is 4. The van der Waals surface area contributed by atoms with Crippen LogP contribution in [0.5, 0.6) is 0 Å². The van der Waals surface area contributed by atoms with E-state index in [0.717, 1.165) is 40.1 Å². The number of rotatable bonds is 11. The second-order valence-electron chi connectivity index (χ2n) is 8.39. The molecule has 0 aliphatic heterocycles. The van der Waals surface area contributed by atoms with Crippen molar-refractivity contribution in [2.24, 2.45) is 0 Å². The molecule has 8 heteroatoms. The summed E-state index contributed by atoms with van der Waals surface area (Å²) < 4.78 is 26.4. The number of carbonyl (C=O) groups is 2. The van der Waals surface area contributed by atoms with Gasteiger partial charge < -0.3 is 10.2 Å². The van der Waals surface area contributed by atoms with Crippen LogP contribution < -0.4 is 9.62 Å². The summed E-state index contributed by atoms with van der Waals surface area (Å²) in [7, 11) is -3.73. The third kappa shape index (κ3) is 7.60. The van der Waals surface area contributed by atoms with E-state index in [4.69, 9.17) is 0 Å². The maximum atomic E-state index is 13.5. The van der Waals surface area contributed by atoms with Crippen molar-refractivity contribution < 1.29 is 18.0 Å². The summed E-state index contributed by atoms with van der Waals surface area (Å²) >= 11 is 0. The Morgan fingerprint density at radius 1 is 1.06 bits per heavy atom. The Balaban J connectivity index is 2.35. The highest BCUT2D eigenvalue weighted by molar-refractivity contribution is 7.92. The summed E-state index contributed by atoms with van der Waals surface area (Å²) in [5, 5.41) is 2.87. The van der Waals surface area contributed by atoms with E-state index in [1.165, 1.54) is 4.90 Å². The van der Waals surface area contributed by atoms with Crippen molar-refractivity contribution in [2.75, 3.05) is 23.7 Å². The zero-order valence-electron chi connectivity index (χ0n) is 20.2.